The number of anilines is 1. The Morgan fingerprint density at radius 2 is 2.05 bits per heavy atom. The van der Waals surface area contributed by atoms with Gasteiger partial charge < -0.3 is 5.32 Å². The largest absolute Gasteiger partial charge is 0.320 e. The summed E-state index contributed by atoms with van der Waals surface area (Å²) in [6.45, 7) is 2.10. The van der Waals surface area contributed by atoms with Gasteiger partial charge in [-0.15, -0.1) is 0 Å². The molecule has 0 saturated carbocycles. The van der Waals surface area contributed by atoms with E-state index in [9.17, 15) is 4.79 Å². The number of hydrogen-bond donors (Lipinski definition) is 2. The van der Waals surface area contributed by atoms with E-state index in [0.717, 1.165) is 16.4 Å². The highest BCUT2D eigenvalue weighted by Gasteiger charge is 2.36. The highest BCUT2D eigenvalue weighted by molar-refractivity contribution is 6.06. The fraction of sp³-hybridized carbons (Fsp3) is 0.250. The summed E-state index contributed by atoms with van der Waals surface area (Å²) in [4.78, 5) is 17.8. The van der Waals surface area contributed by atoms with E-state index in [0.29, 0.717) is 5.70 Å². The van der Waals surface area contributed by atoms with Crippen molar-refractivity contribution < 1.29 is 9.69 Å². The van der Waals surface area contributed by atoms with Crippen LogP contribution in [0.15, 0.2) is 59.5 Å². The molecule has 114 valence electrons. The van der Waals surface area contributed by atoms with E-state index >= 15 is 0 Å². The predicted molar refractivity (Wildman–Crippen MR) is 85.7 cm³/mol. The van der Waals surface area contributed by atoms with Gasteiger partial charge in [0.2, 0.25) is 5.84 Å². The van der Waals surface area contributed by atoms with Gasteiger partial charge >= 0.3 is 0 Å². The average Bonchev–Trinajstić information content (AvgIpc) is 2.93. The Labute approximate surface area is 130 Å². The van der Waals surface area contributed by atoms with Crippen molar-refractivity contribution in [2.45, 2.75) is 13.1 Å². The number of nitrogens with one attached hydrogen (secondary N) is 2. The van der Waals surface area contributed by atoms with Crippen LogP contribution in [0.25, 0.3) is 0 Å². The third kappa shape index (κ3) is 2.66. The lowest BCUT2D eigenvalue weighted by Crippen LogP contribution is -3.15. The van der Waals surface area contributed by atoms with Crippen LogP contribution >= 0.6 is 0 Å². The summed E-state index contributed by atoms with van der Waals surface area (Å²) in [7, 11) is 3.98. The van der Waals surface area contributed by atoms with Crippen molar-refractivity contribution in [2.75, 3.05) is 19.4 Å². The molecule has 1 aromatic carbocycles. The normalized spacial score (nSPS) is 23.2. The molecule has 2 atom stereocenters. The number of amides is 1. The third-order valence-corrected chi connectivity index (χ3v) is 3.79. The number of hydrogen-bond acceptors (Lipinski definition) is 4. The Balaban J connectivity index is 1.77. The summed E-state index contributed by atoms with van der Waals surface area (Å²) < 4.78 is 0. The van der Waals surface area contributed by atoms with Crippen molar-refractivity contribution in [1.82, 2.24) is 10.0 Å². The lowest BCUT2D eigenvalue weighted by molar-refractivity contribution is -0.794. The number of benzene rings is 1. The average molecular weight is 298 g/mol. The van der Waals surface area contributed by atoms with Crippen LogP contribution in [0.2, 0.25) is 0 Å². The zero-order chi connectivity index (χ0) is 15.7. The minimum atomic E-state index is -0.183. The number of quaternary nitrogens is 1. The number of hydrazine groups is 1. The topological polar surface area (TPSA) is 52.4 Å². The van der Waals surface area contributed by atoms with Gasteiger partial charge in [-0.05, 0) is 12.1 Å². The number of rotatable bonds is 3. The minimum absolute atomic E-state index is 0.153. The fourth-order valence-electron chi connectivity index (χ4n) is 2.65. The summed E-state index contributed by atoms with van der Waals surface area (Å²) >= 11 is 0. The predicted octanol–water partition coefficient (Wildman–Crippen LogP) is 0.415. The first-order chi connectivity index (χ1) is 10.6. The lowest BCUT2D eigenvalue weighted by Gasteiger charge is -2.36. The molecule has 2 aliphatic heterocycles. The van der Waals surface area contributed by atoms with Crippen LogP contribution in [0.1, 0.15) is 6.92 Å². The van der Waals surface area contributed by atoms with Gasteiger partial charge in [0, 0.05) is 39.0 Å². The summed E-state index contributed by atoms with van der Waals surface area (Å²) in [6, 6.07) is 9.41. The molecule has 6 nitrogen and oxygen atoms in total. The second-order valence-corrected chi connectivity index (χ2v) is 5.52. The van der Waals surface area contributed by atoms with Gasteiger partial charge in [-0.2, -0.15) is 4.99 Å². The number of carbonyl (C=O) groups is 1. The van der Waals surface area contributed by atoms with Crippen molar-refractivity contribution in [2.24, 2.45) is 4.99 Å². The van der Waals surface area contributed by atoms with Gasteiger partial charge in [0.1, 0.15) is 6.20 Å². The fourth-order valence-corrected chi connectivity index (χ4v) is 2.65. The van der Waals surface area contributed by atoms with E-state index in [1.165, 1.54) is 0 Å². The molecule has 2 N–H and O–H groups in total. The number of para-hydroxylation sites is 1. The summed E-state index contributed by atoms with van der Waals surface area (Å²) in [6.07, 6.45) is 5.95. The van der Waals surface area contributed by atoms with E-state index in [-0.39, 0.29) is 12.1 Å². The first-order valence-electron chi connectivity index (χ1n) is 7.24. The molecule has 22 heavy (non-hydrogen) atoms. The van der Waals surface area contributed by atoms with Crippen LogP contribution in [-0.4, -0.2) is 42.0 Å². The third-order valence-electron chi connectivity index (χ3n) is 3.79. The monoisotopic (exact) mass is 298 g/mol. The lowest BCUT2D eigenvalue weighted by atomic mass is 10.3. The van der Waals surface area contributed by atoms with Crippen LogP contribution < -0.4 is 10.2 Å². The zero-order valence-electron chi connectivity index (χ0n) is 12.9. The summed E-state index contributed by atoms with van der Waals surface area (Å²) in [5.41, 5.74) is 1.22. The molecule has 0 bridgehead atoms. The molecule has 0 saturated heterocycles. The molecule has 2 heterocycles. The van der Waals surface area contributed by atoms with Crippen molar-refractivity contribution in [3.8, 4) is 0 Å². The van der Waals surface area contributed by atoms with Gasteiger partial charge in [-0.3, -0.25) is 9.80 Å². The maximum Gasteiger partial charge on any atom is 0.280 e. The van der Waals surface area contributed by atoms with E-state index in [2.05, 4.69) is 22.2 Å². The number of fused-ring (bicyclic) bond motifs is 1. The maximum atomic E-state index is 12.3. The molecule has 0 fully saturated rings. The van der Waals surface area contributed by atoms with Crippen molar-refractivity contribution in [3.05, 3.63) is 54.5 Å². The van der Waals surface area contributed by atoms with Gasteiger partial charge in [0.15, 0.2) is 11.9 Å². The number of aliphatic imine (C=N–C) groups is 1. The van der Waals surface area contributed by atoms with E-state index in [4.69, 9.17) is 0 Å². The maximum absolute atomic E-state index is 12.3. The molecule has 6 heteroatoms. The molecule has 0 aliphatic carbocycles. The molecule has 2 unspecified atom stereocenters. The SMILES string of the molecule is CC1N(N(C)C)C=CC2=NC(C(=O)Nc3ccccc3)=C[NH+]21. The molecular formula is C16H20N5O+. The molecule has 3 rings (SSSR count). The smallest absolute Gasteiger partial charge is 0.280 e. The Hall–Kier alpha value is -2.44. The Bertz CT molecular complexity index is 662. The second-order valence-electron chi connectivity index (χ2n) is 5.52. The zero-order valence-corrected chi connectivity index (χ0v) is 12.9. The molecular weight excluding hydrogens is 278 g/mol. The minimum Gasteiger partial charge on any atom is -0.320 e. The molecule has 0 radical (unpaired) electrons. The van der Waals surface area contributed by atoms with Gasteiger partial charge in [0.25, 0.3) is 5.91 Å². The van der Waals surface area contributed by atoms with Gasteiger partial charge in [-0.1, -0.05) is 18.2 Å². The molecule has 0 aromatic heterocycles. The number of nitrogens with zero attached hydrogens (tertiary/aromatic N) is 3. The number of amidine groups is 1. The molecule has 2 aliphatic rings. The quantitative estimate of drug-likeness (QED) is 0.850. The van der Waals surface area contributed by atoms with Crippen LogP contribution in [0.3, 0.4) is 0 Å². The Morgan fingerprint density at radius 1 is 1.32 bits per heavy atom. The van der Waals surface area contributed by atoms with Crippen molar-refractivity contribution in [3.63, 3.8) is 0 Å². The van der Waals surface area contributed by atoms with Crippen LogP contribution in [0.4, 0.5) is 5.69 Å². The highest BCUT2D eigenvalue weighted by atomic mass is 16.2. The second kappa shape index (κ2) is 5.75. The molecule has 0 spiro atoms. The Kier molecular flexibility index (Phi) is 3.79. The molecule has 1 amide bonds. The van der Waals surface area contributed by atoms with Crippen LogP contribution in [0.5, 0.6) is 0 Å². The summed E-state index contributed by atoms with van der Waals surface area (Å²) in [5.74, 6) is 0.682. The van der Waals surface area contributed by atoms with Gasteiger partial charge in [-0.25, -0.2) is 9.91 Å². The summed E-state index contributed by atoms with van der Waals surface area (Å²) in [5, 5.41) is 6.98. The highest BCUT2D eigenvalue weighted by Crippen LogP contribution is 2.11. The first-order valence-corrected chi connectivity index (χ1v) is 7.24. The van der Waals surface area contributed by atoms with Crippen LogP contribution in [-0.2, 0) is 4.79 Å². The van der Waals surface area contributed by atoms with Crippen molar-refractivity contribution >= 4 is 17.4 Å². The van der Waals surface area contributed by atoms with Crippen molar-refractivity contribution in [1.29, 1.82) is 0 Å². The van der Waals surface area contributed by atoms with E-state index < -0.39 is 0 Å². The van der Waals surface area contributed by atoms with E-state index in [1.807, 2.05) is 67.9 Å². The van der Waals surface area contributed by atoms with Crippen LogP contribution in [0, 0.1) is 0 Å². The molecule has 1 aromatic rings. The first kappa shape index (κ1) is 14.5. The van der Waals surface area contributed by atoms with Gasteiger partial charge in [0.05, 0.1) is 0 Å². The standard InChI is InChI=1S/C16H19N5O/c1-12-20-11-14(16(22)17-13-7-5-4-6-8-13)18-15(20)9-10-21(12)19(2)3/h4-12H,1-3H3,(H,17,22)/p+1. The Morgan fingerprint density at radius 3 is 2.73 bits per heavy atom. The number of carbonyl (C=O) groups excluding carboxylic acids is 1. The van der Waals surface area contributed by atoms with E-state index in [1.54, 1.807) is 0 Å².